The summed E-state index contributed by atoms with van der Waals surface area (Å²) in [7, 11) is -2.74. The second kappa shape index (κ2) is 19.1. The molecule has 1 unspecified atom stereocenters. The molecule has 1 atom stereocenters. The molecule has 2 amide bonds. The topological polar surface area (TPSA) is 180 Å². The molecule has 10 rings (SSSR count). The number of carbonyl (C=O) groups excluding carboxylic acids is 2. The number of carbonyl (C=O) groups is 2. The lowest BCUT2D eigenvalue weighted by molar-refractivity contribution is -0.135. The number of aromatic nitrogens is 4. The van der Waals surface area contributed by atoms with E-state index < -0.39 is 24.8 Å². The highest BCUT2D eigenvalue weighted by Crippen LogP contribution is 2.43. The van der Waals surface area contributed by atoms with Gasteiger partial charge in [0.2, 0.25) is 17.8 Å². The van der Waals surface area contributed by atoms with Gasteiger partial charge in [-0.2, -0.15) is 4.98 Å². The first-order chi connectivity index (χ1) is 32.8. The quantitative estimate of drug-likeness (QED) is 0.0716. The first-order valence-corrected chi connectivity index (χ1v) is 27.2. The van der Waals surface area contributed by atoms with Crippen molar-refractivity contribution in [3.63, 3.8) is 0 Å². The fraction of sp³-hybridized carbons (Fsp3) is 0.440. The molecule has 1 aliphatic carbocycles. The summed E-state index contributed by atoms with van der Waals surface area (Å²) < 4.78 is 27.9. The molecule has 3 N–H and O–H groups in total. The van der Waals surface area contributed by atoms with Gasteiger partial charge in [0.15, 0.2) is 5.58 Å². The SMILES string of the molecule is CCc1ccc2c(P(C)(C)=O)c(Nc3nc(Nc4cc(C)c(N5CCC(N6CCN(CCc7ccc8c(c7)oc(=O)n8C7CCC(=O)NC7=O)CC6)CC5)cc4OC4CC4)ncc3Br)ccc2n1. The first kappa shape index (κ1) is 46.1. The van der Waals surface area contributed by atoms with Gasteiger partial charge >= 0.3 is 5.76 Å². The number of hydrogen-bond acceptors (Lipinski definition) is 14. The van der Waals surface area contributed by atoms with Crippen molar-refractivity contribution >= 4 is 91.0 Å². The highest BCUT2D eigenvalue weighted by molar-refractivity contribution is 9.10. The van der Waals surface area contributed by atoms with Gasteiger partial charge in [0.1, 0.15) is 24.8 Å². The summed E-state index contributed by atoms with van der Waals surface area (Å²) in [6.07, 6.45) is 8.27. The molecule has 3 aromatic carbocycles. The number of piperidine rings is 2. The van der Waals surface area contributed by atoms with Gasteiger partial charge in [-0.1, -0.05) is 19.1 Å². The van der Waals surface area contributed by atoms with Crippen LogP contribution in [-0.4, -0.2) is 112 Å². The Balaban J connectivity index is 0.757. The molecule has 18 heteroatoms. The fourth-order valence-corrected chi connectivity index (χ4v) is 11.8. The molecule has 356 valence electrons. The normalized spacial score (nSPS) is 18.9. The molecule has 1 saturated carbocycles. The first-order valence-electron chi connectivity index (χ1n) is 23.8. The van der Waals surface area contributed by atoms with Crippen molar-refractivity contribution in [2.24, 2.45) is 0 Å². The molecule has 16 nitrogen and oxygen atoms in total. The lowest BCUT2D eigenvalue weighted by Gasteiger charge is -2.43. The molecule has 4 fully saturated rings. The van der Waals surface area contributed by atoms with Crippen LogP contribution in [0.2, 0.25) is 0 Å². The number of nitrogens with one attached hydrogen (secondary N) is 3. The maximum Gasteiger partial charge on any atom is 0.420 e. The van der Waals surface area contributed by atoms with E-state index in [-0.39, 0.29) is 24.9 Å². The van der Waals surface area contributed by atoms with Crippen LogP contribution in [0.5, 0.6) is 5.75 Å². The third-order valence-electron chi connectivity index (χ3n) is 13.8. The zero-order valence-electron chi connectivity index (χ0n) is 39.0. The molecule has 6 aromatic rings. The summed E-state index contributed by atoms with van der Waals surface area (Å²) in [6.45, 7) is 14.7. The molecule has 0 radical (unpaired) electrons. The highest BCUT2D eigenvalue weighted by atomic mass is 79.9. The van der Waals surface area contributed by atoms with Crippen molar-refractivity contribution < 1.29 is 23.3 Å². The minimum Gasteiger partial charge on any atom is -0.488 e. The Bertz CT molecular complexity index is 3020. The summed E-state index contributed by atoms with van der Waals surface area (Å²) in [4.78, 5) is 58.9. The summed E-state index contributed by atoms with van der Waals surface area (Å²) in [6, 6.07) is 17.8. The number of oxazole rings is 1. The van der Waals surface area contributed by atoms with Crippen LogP contribution < -0.4 is 36.6 Å². The maximum absolute atomic E-state index is 13.8. The van der Waals surface area contributed by atoms with Crippen molar-refractivity contribution in [1.82, 2.24) is 34.6 Å². The fourth-order valence-electron chi connectivity index (χ4n) is 10.0. The van der Waals surface area contributed by atoms with E-state index in [1.165, 1.54) is 10.3 Å². The van der Waals surface area contributed by atoms with E-state index in [4.69, 9.17) is 19.1 Å². The minimum absolute atomic E-state index is 0.191. The third-order valence-corrected chi connectivity index (χ3v) is 15.9. The van der Waals surface area contributed by atoms with Gasteiger partial charge in [0, 0.05) is 92.6 Å². The van der Waals surface area contributed by atoms with Gasteiger partial charge in [-0.25, -0.2) is 9.78 Å². The average Bonchev–Trinajstić information content (AvgIpc) is 4.09. The smallest absolute Gasteiger partial charge is 0.420 e. The zero-order chi connectivity index (χ0) is 47.3. The van der Waals surface area contributed by atoms with Crippen LogP contribution in [-0.2, 0) is 27.0 Å². The van der Waals surface area contributed by atoms with E-state index in [2.05, 4.69) is 77.5 Å². The predicted octanol–water partition coefficient (Wildman–Crippen LogP) is 7.65. The van der Waals surface area contributed by atoms with Crippen molar-refractivity contribution in [3.8, 4) is 5.75 Å². The second-order valence-electron chi connectivity index (χ2n) is 19.0. The number of halogens is 1. The van der Waals surface area contributed by atoms with Gasteiger partial charge < -0.3 is 34.2 Å². The van der Waals surface area contributed by atoms with Crippen molar-refractivity contribution in [3.05, 3.63) is 92.6 Å². The van der Waals surface area contributed by atoms with E-state index in [1.54, 1.807) is 19.5 Å². The van der Waals surface area contributed by atoms with Crippen LogP contribution in [0.15, 0.2) is 74.5 Å². The number of pyridine rings is 1. The van der Waals surface area contributed by atoms with E-state index in [0.717, 1.165) is 134 Å². The number of aryl methyl sites for hydroxylation is 2. The van der Waals surface area contributed by atoms with Crippen LogP contribution in [0.25, 0.3) is 22.0 Å². The van der Waals surface area contributed by atoms with E-state index >= 15 is 0 Å². The maximum atomic E-state index is 13.8. The van der Waals surface area contributed by atoms with Gasteiger partial charge in [0.25, 0.3) is 0 Å². The third kappa shape index (κ3) is 9.81. The van der Waals surface area contributed by atoms with Crippen molar-refractivity contribution in [1.29, 1.82) is 0 Å². The molecule has 0 spiro atoms. The molecule has 3 saturated heterocycles. The van der Waals surface area contributed by atoms with Gasteiger partial charge in [-0.05, 0) is 129 Å². The van der Waals surface area contributed by atoms with E-state index in [0.29, 0.717) is 33.4 Å². The van der Waals surface area contributed by atoms with E-state index in [1.807, 2.05) is 42.5 Å². The summed E-state index contributed by atoms with van der Waals surface area (Å²) in [5.74, 6) is 0.377. The zero-order valence-corrected chi connectivity index (χ0v) is 41.5. The monoisotopic (exact) mass is 1000 g/mol. The number of hydrogen-bond donors (Lipinski definition) is 3. The summed E-state index contributed by atoms with van der Waals surface area (Å²) >= 11 is 3.65. The Morgan fingerprint density at radius 1 is 0.897 bits per heavy atom. The van der Waals surface area contributed by atoms with Crippen LogP contribution in [0.3, 0.4) is 0 Å². The Kier molecular flexibility index (Phi) is 12.9. The molecule has 3 aliphatic heterocycles. The second-order valence-corrected chi connectivity index (χ2v) is 23.0. The standard InChI is InChI=1S/C50H58BrN10O6P/c1-5-32-7-10-35-37(53-32)11-12-38(46(35)68(3,4)65)54-47-36(51)29-52-49(57-47)55-39-26-30(2)42(28-43(39)66-34-8-9-34)60-20-17-33(18-21-60)59-24-22-58(23-25-59)19-16-31-6-13-40-44(27-31)67-50(64)61(40)41-14-15-45(62)56-48(41)63/h6-7,10-13,26-29,33-34,41H,5,8-9,14-25H2,1-4H3,(H,56,62,63)(H2,52,54,55,57). The Labute approximate surface area is 403 Å². The number of piperazine rings is 1. The lowest BCUT2D eigenvalue weighted by atomic mass is 10.00. The van der Waals surface area contributed by atoms with Crippen LogP contribution in [0.1, 0.15) is 68.3 Å². The van der Waals surface area contributed by atoms with Crippen molar-refractivity contribution in [2.75, 3.05) is 74.7 Å². The number of amides is 2. The molecule has 68 heavy (non-hydrogen) atoms. The number of nitrogens with zero attached hydrogens (tertiary/aromatic N) is 7. The molecule has 4 aliphatic rings. The highest BCUT2D eigenvalue weighted by Gasteiger charge is 2.33. The number of imide groups is 1. The largest absolute Gasteiger partial charge is 0.488 e. The lowest BCUT2D eigenvalue weighted by Crippen LogP contribution is -2.53. The number of benzene rings is 3. The van der Waals surface area contributed by atoms with Crippen LogP contribution >= 0.6 is 23.1 Å². The Hall–Kier alpha value is -5.61. The number of ether oxygens (including phenoxy) is 1. The van der Waals surface area contributed by atoms with Crippen LogP contribution in [0, 0.1) is 6.92 Å². The van der Waals surface area contributed by atoms with Gasteiger partial charge in [0.05, 0.1) is 33.0 Å². The molecular weight excluding hydrogens is 947 g/mol. The van der Waals surface area contributed by atoms with Gasteiger partial charge in [-0.3, -0.25) is 29.4 Å². The minimum atomic E-state index is -2.74. The number of anilines is 5. The summed E-state index contributed by atoms with van der Waals surface area (Å²) in [5.41, 5.74) is 7.79. The Morgan fingerprint density at radius 2 is 1.69 bits per heavy atom. The predicted molar refractivity (Wildman–Crippen MR) is 270 cm³/mol. The average molecular weight is 1010 g/mol. The summed E-state index contributed by atoms with van der Waals surface area (Å²) in [5, 5.41) is 10.9. The van der Waals surface area contributed by atoms with Crippen LogP contribution in [0.4, 0.5) is 28.8 Å². The van der Waals surface area contributed by atoms with E-state index in [9.17, 15) is 18.9 Å². The number of fused-ring (bicyclic) bond motifs is 2. The number of rotatable bonds is 14. The molecule has 6 heterocycles. The van der Waals surface area contributed by atoms with Gasteiger partial charge in [-0.15, -0.1) is 0 Å². The van der Waals surface area contributed by atoms with Crippen molar-refractivity contribution in [2.45, 2.75) is 83.4 Å². The molecule has 0 bridgehead atoms. The molecule has 3 aromatic heterocycles. The molecular formula is C50H58BrN10O6P. The Morgan fingerprint density at radius 3 is 2.43 bits per heavy atom.